The molecule has 0 amide bonds. The number of halogens is 2. The third-order valence-corrected chi connectivity index (χ3v) is 8.49. The zero-order valence-corrected chi connectivity index (χ0v) is 23.0. The Kier molecular flexibility index (Phi) is 10.4. The SMILES string of the molecule is CC(C)(C)N[Si](C)(C)C1C=C(N2CCCCC2)c2ccccc21.Cl.Cl.[Hf]. The van der Waals surface area contributed by atoms with Gasteiger partial charge in [0.05, 0.1) is 0 Å². The van der Waals surface area contributed by atoms with Gasteiger partial charge in [0, 0.05) is 61.3 Å². The Hall–Kier alpha value is 0.387. The van der Waals surface area contributed by atoms with E-state index in [2.05, 4.69) is 74.1 Å². The Morgan fingerprint density at radius 3 is 2.15 bits per heavy atom. The number of piperidine rings is 1. The number of nitrogens with zero attached hydrogens (tertiary/aromatic N) is 1. The van der Waals surface area contributed by atoms with Gasteiger partial charge < -0.3 is 9.88 Å². The van der Waals surface area contributed by atoms with Gasteiger partial charge in [0.1, 0.15) is 8.24 Å². The molecule has 6 heteroatoms. The van der Waals surface area contributed by atoms with E-state index in [1.165, 1.54) is 43.6 Å². The van der Waals surface area contributed by atoms with Crippen molar-refractivity contribution >= 4 is 38.7 Å². The van der Waals surface area contributed by atoms with Crippen LogP contribution in [0.3, 0.4) is 0 Å². The molecule has 1 aliphatic carbocycles. The standard InChI is InChI=1S/C20H32N2Si.2ClH.Hf/c1-20(2,3)21-23(4,5)19-15-18(22-13-9-6-10-14-22)16-11-7-8-12-17(16)19;;;/h7-8,11-12,15,19,21H,6,9-10,13-14H2,1-5H3;2*1H;. The van der Waals surface area contributed by atoms with E-state index in [9.17, 15) is 0 Å². The molecule has 0 aromatic heterocycles. The summed E-state index contributed by atoms with van der Waals surface area (Å²) in [4.78, 5) is 6.61. The number of hydrogen-bond acceptors (Lipinski definition) is 2. The topological polar surface area (TPSA) is 15.3 Å². The minimum Gasteiger partial charge on any atom is -0.371 e. The normalized spacial score (nSPS) is 19.5. The van der Waals surface area contributed by atoms with Crippen molar-refractivity contribution in [1.82, 2.24) is 9.88 Å². The van der Waals surface area contributed by atoms with Crippen molar-refractivity contribution in [2.24, 2.45) is 0 Å². The Morgan fingerprint density at radius 2 is 1.58 bits per heavy atom. The predicted molar refractivity (Wildman–Crippen MR) is 117 cm³/mol. The molecule has 0 spiro atoms. The zero-order valence-electron chi connectivity index (χ0n) is 16.8. The fourth-order valence-electron chi connectivity index (χ4n) is 4.39. The van der Waals surface area contributed by atoms with Gasteiger partial charge in [0.25, 0.3) is 0 Å². The summed E-state index contributed by atoms with van der Waals surface area (Å²) in [5.74, 6) is 0. The van der Waals surface area contributed by atoms with Crippen LogP contribution in [0.25, 0.3) is 5.70 Å². The molecule has 1 heterocycles. The molecule has 3 rings (SSSR count). The van der Waals surface area contributed by atoms with Crippen LogP contribution in [0.2, 0.25) is 13.1 Å². The molecule has 146 valence electrons. The van der Waals surface area contributed by atoms with Crippen molar-refractivity contribution in [2.45, 2.75) is 64.2 Å². The second kappa shape index (κ2) is 10.2. The molecule has 26 heavy (non-hydrogen) atoms. The van der Waals surface area contributed by atoms with Gasteiger partial charge in [0.2, 0.25) is 0 Å². The van der Waals surface area contributed by atoms with Crippen LogP contribution in [0.1, 0.15) is 56.7 Å². The summed E-state index contributed by atoms with van der Waals surface area (Å²) in [6.07, 6.45) is 6.65. The fourth-order valence-corrected chi connectivity index (χ4v) is 8.08. The van der Waals surface area contributed by atoms with E-state index in [1.807, 2.05) is 0 Å². The smallest absolute Gasteiger partial charge is 0.131 e. The molecule has 2 aliphatic rings. The maximum absolute atomic E-state index is 3.98. The van der Waals surface area contributed by atoms with Crippen LogP contribution in [-0.2, 0) is 25.8 Å². The van der Waals surface area contributed by atoms with Crippen molar-refractivity contribution in [3.8, 4) is 0 Å². The molecule has 2 nitrogen and oxygen atoms in total. The Balaban J connectivity index is 0.00000208. The number of benzene rings is 1. The second-order valence-corrected chi connectivity index (χ2v) is 13.1. The third-order valence-electron chi connectivity index (χ3n) is 5.07. The van der Waals surface area contributed by atoms with E-state index in [0.717, 1.165) is 0 Å². The molecule has 1 unspecified atom stereocenters. The number of rotatable bonds is 3. The summed E-state index contributed by atoms with van der Waals surface area (Å²) < 4.78 is 0. The maximum Gasteiger partial charge on any atom is 0.131 e. The summed E-state index contributed by atoms with van der Waals surface area (Å²) in [5.41, 5.74) is 5.26. The number of hydrogen-bond donors (Lipinski definition) is 1. The van der Waals surface area contributed by atoms with Gasteiger partial charge >= 0.3 is 0 Å². The van der Waals surface area contributed by atoms with Gasteiger partial charge in [-0.2, -0.15) is 0 Å². The maximum atomic E-state index is 3.98. The fraction of sp³-hybridized carbons (Fsp3) is 0.600. The van der Waals surface area contributed by atoms with Crippen LogP contribution in [0.4, 0.5) is 0 Å². The molecule has 1 aliphatic heterocycles. The summed E-state index contributed by atoms with van der Waals surface area (Å²) in [6.45, 7) is 14.3. The molecule has 1 N–H and O–H groups in total. The summed E-state index contributed by atoms with van der Waals surface area (Å²) in [6, 6.07) is 9.09. The molecular formula is C20H34Cl2HfN2Si. The van der Waals surface area contributed by atoms with Crippen LogP contribution in [0.15, 0.2) is 30.3 Å². The Labute approximate surface area is 192 Å². The van der Waals surface area contributed by atoms with Crippen molar-refractivity contribution in [1.29, 1.82) is 0 Å². The van der Waals surface area contributed by atoms with Gasteiger partial charge in [-0.1, -0.05) is 43.4 Å². The Morgan fingerprint density at radius 1 is 1.00 bits per heavy atom. The molecule has 1 fully saturated rings. The molecule has 1 saturated heterocycles. The molecule has 0 saturated carbocycles. The largest absolute Gasteiger partial charge is 0.371 e. The van der Waals surface area contributed by atoms with Crippen LogP contribution in [0.5, 0.6) is 0 Å². The van der Waals surface area contributed by atoms with Gasteiger partial charge in [0.15, 0.2) is 0 Å². The predicted octanol–water partition coefficient (Wildman–Crippen LogP) is 5.58. The molecular weight excluding hydrogens is 546 g/mol. The van der Waals surface area contributed by atoms with Gasteiger partial charge in [-0.15, -0.1) is 24.8 Å². The third kappa shape index (κ3) is 5.94. The summed E-state index contributed by atoms with van der Waals surface area (Å²) in [5, 5.41) is 0. The Bertz CT molecular complexity index is 608. The molecule has 1 aromatic rings. The summed E-state index contributed by atoms with van der Waals surface area (Å²) >= 11 is 0. The number of fused-ring (bicyclic) bond motifs is 1. The number of nitrogens with one attached hydrogen (secondary N) is 1. The first-order valence-corrected chi connectivity index (χ1v) is 12.2. The zero-order chi connectivity index (χ0) is 16.7. The molecule has 0 bridgehead atoms. The summed E-state index contributed by atoms with van der Waals surface area (Å²) in [7, 11) is -1.62. The van der Waals surface area contributed by atoms with E-state index in [1.54, 1.807) is 5.56 Å². The minimum absolute atomic E-state index is 0. The second-order valence-electron chi connectivity index (χ2n) is 8.76. The molecule has 0 radical (unpaired) electrons. The first-order chi connectivity index (χ1) is 10.8. The van der Waals surface area contributed by atoms with E-state index in [-0.39, 0.29) is 56.2 Å². The first-order valence-electron chi connectivity index (χ1n) is 9.13. The van der Waals surface area contributed by atoms with E-state index in [4.69, 9.17) is 0 Å². The van der Waals surface area contributed by atoms with Gasteiger partial charge in [-0.25, -0.2) is 0 Å². The minimum atomic E-state index is -1.62. The number of allylic oxidation sites excluding steroid dienone is 1. The average Bonchev–Trinajstić information content (AvgIpc) is 2.86. The molecule has 1 atom stereocenters. The van der Waals surface area contributed by atoms with Crippen LogP contribution < -0.4 is 4.98 Å². The van der Waals surface area contributed by atoms with E-state index < -0.39 is 8.24 Å². The first kappa shape index (κ1) is 26.4. The van der Waals surface area contributed by atoms with E-state index >= 15 is 0 Å². The van der Waals surface area contributed by atoms with Crippen molar-refractivity contribution in [3.63, 3.8) is 0 Å². The monoisotopic (exact) mass is 580 g/mol. The molecule has 1 aromatic carbocycles. The van der Waals surface area contributed by atoms with Crippen molar-refractivity contribution in [3.05, 3.63) is 41.5 Å². The van der Waals surface area contributed by atoms with E-state index in [0.29, 0.717) is 5.54 Å². The van der Waals surface area contributed by atoms with Crippen LogP contribution >= 0.6 is 24.8 Å². The number of likely N-dealkylation sites (tertiary alicyclic amines) is 1. The van der Waals surface area contributed by atoms with Crippen LogP contribution in [0, 0.1) is 0 Å². The average molecular weight is 580 g/mol. The van der Waals surface area contributed by atoms with Gasteiger partial charge in [-0.3, -0.25) is 0 Å². The van der Waals surface area contributed by atoms with Gasteiger partial charge in [-0.05, 0) is 45.6 Å². The van der Waals surface area contributed by atoms with Crippen molar-refractivity contribution in [2.75, 3.05) is 13.1 Å². The quantitative estimate of drug-likeness (QED) is 0.470. The van der Waals surface area contributed by atoms with Crippen molar-refractivity contribution < 1.29 is 25.8 Å². The van der Waals surface area contributed by atoms with Crippen LogP contribution in [-0.4, -0.2) is 31.8 Å².